The molecule has 2 aromatic heterocycles. The number of aromatic nitrogens is 2. The Morgan fingerprint density at radius 3 is 2.72 bits per heavy atom. The lowest BCUT2D eigenvalue weighted by molar-refractivity contribution is -0.137. The number of unbranched alkanes of at least 4 members (excludes halogenated alkanes) is 2. The van der Waals surface area contributed by atoms with Crippen molar-refractivity contribution in [1.29, 1.82) is 0 Å². The van der Waals surface area contributed by atoms with Crippen molar-refractivity contribution in [1.82, 2.24) is 9.97 Å². The van der Waals surface area contributed by atoms with Crippen LogP contribution < -0.4 is 5.32 Å². The van der Waals surface area contributed by atoms with Gasteiger partial charge in [-0.05, 0) is 34.3 Å². The van der Waals surface area contributed by atoms with Crippen LogP contribution in [0.15, 0.2) is 45.7 Å². The zero-order valence-corrected chi connectivity index (χ0v) is 15.1. The van der Waals surface area contributed by atoms with Crippen LogP contribution in [0.2, 0.25) is 0 Å². The molecule has 0 aliphatic carbocycles. The number of anilines is 1. The van der Waals surface area contributed by atoms with E-state index in [0.717, 1.165) is 35.2 Å². The van der Waals surface area contributed by atoms with Gasteiger partial charge in [0.25, 0.3) is 0 Å². The highest BCUT2D eigenvalue weighted by molar-refractivity contribution is 9.10. The Morgan fingerprint density at radius 1 is 1.16 bits per heavy atom. The molecule has 0 unspecified atom stereocenters. The normalized spacial score (nSPS) is 10.9. The average Bonchev–Trinajstić information content (AvgIpc) is 2.95. The number of hydrogen-bond donors (Lipinski definition) is 2. The average molecular weight is 404 g/mol. The van der Waals surface area contributed by atoms with E-state index in [1.165, 1.54) is 6.33 Å². The number of nitrogens with one attached hydrogen (secondary N) is 1. The van der Waals surface area contributed by atoms with Gasteiger partial charge in [0, 0.05) is 18.5 Å². The maximum absolute atomic E-state index is 10.5. The molecule has 130 valence electrons. The molecule has 25 heavy (non-hydrogen) atoms. The molecule has 0 spiro atoms. The first-order valence-corrected chi connectivity index (χ1v) is 8.90. The van der Waals surface area contributed by atoms with Crippen molar-refractivity contribution >= 4 is 38.8 Å². The van der Waals surface area contributed by atoms with E-state index < -0.39 is 5.97 Å². The van der Waals surface area contributed by atoms with E-state index in [9.17, 15) is 4.79 Å². The molecule has 3 aromatic rings. The molecular formula is C18H18BrN3O3. The van der Waals surface area contributed by atoms with E-state index in [-0.39, 0.29) is 6.42 Å². The fourth-order valence-corrected chi connectivity index (χ4v) is 3.27. The highest BCUT2D eigenvalue weighted by Crippen LogP contribution is 2.40. The number of carboxylic acid groups (broad SMARTS) is 1. The van der Waals surface area contributed by atoms with E-state index in [2.05, 4.69) is 31.2 Å². The first-order chi connectivity index (χ1) is 12.2. The fourth-order valence-electron chi connectivity index (χ4n) is 2.69. The van der Waals surface area contributed by atoms with Gasteiger partial charge in [-0.25, -0.2) is 9.97 Å². The Kier molecular flexibility index (Phi) is 5.65. The Balaban J connectivity index is 1.78. The van der Waals surface area contributed by atoms with Crippen LogP contribution in [0.4, 0.5) is 5.82 Å². The van der Waals surface area contributed by atoms with Crippen molar-refractivity contribution in [3.63, 3.8) is 0 Å². The van der Waals surface area contributed by atoms with Gasteiger partial charge in [-0.2, -0.15) is 0 Å². The summed E-state index contributed by atoms with van der Waals surface area (Å²) >= 11 is 3.48. The number of carboxylic acids is 1. The van der Waals surface area contributed by atoms with Gasteiger partial charge in [0.15, 0.2) is 4.67 Å². The zero-order chi connectivity index (χ0) is 17.6. The van der Waals surface area contributed by atoms with Gasteiger partial charge in [-0.3, -0.25) is 4.79 Å². The zero-order valence-electron chi connectivity index (χ0n) is 13.5. The molecule has 0 saturated carbocycles. The standard InChI is InChI=1S/C18H18BrN3O3/c19-16-14(12-7-3-1-4-8-12)15-17(21-11-22-18(15)25-16)20-10-6-2-5-9-13(23)24/h1,3-4,7-8,11H,2,5-6,9-10H2,(H,23,24)(H,20,21,22). The summed E-state index contributed by atoms with van der Waals surface area (Å²) in [4.78, 5) is 19.1. The van der Waals surface area contributed by atoms with E-state index in [1.807, 2.05) is 30.3 Å². The summed E-state index contributed by atoms with van der Waals surface area (Å²) in [6, 6.07) is 9.93. The second-order valence-electron chi connectivity index (χ2n) is 5.65. The van der Waals surface area contributed by atoms with Crippen LogP contribution in [0.25, 0.3) is 22.2 Å². The number of rotatable bonds is 8. The molecule has 0 aliphatic rings. The number of aliphatic carboxylic acids is 1. The van der Waals surface area contributed by atoms with Gasteiger partial charge in [-0.15, -0.1) is 0 Å². The molecule has 2 heterocycles. The van der Waals surface area contributed by atoms with E-state index >= 15 is 0 Å². The maximum atomic E-state index is 10.5. The Bertz CT molecular complexity index is 865. The van der Waals surface area contributed by atoms with Crippen LogP contribution >= 0.6 is 15.9 Å². The smallest absolute Gasteiger partial charge is 0.303 e. The van der Waals surface area contributed by atoms with Crippen molar-refractivity contribution in [2.75, 3.05) is 11.9 Å². The van der Waals surface area contributed by atoms with Crippen LogP contribution in [-0.2, 0) is 4.79 Å². The summed E-state index contributed by atoms with van der Waals surface area (Å²) in [5.41, 5.74) is 2.46. The largest absolute Gasteiger partial charge is 0.481 e. The highest BCUT2D eigenvalue weighted by atomic mass is 79.9. The molecule has 0 radical (unpaired) electrons. The minimum Gasteiger partial charge on any atom is -0.481 e. The number of fused-ring (bicyclic) bond motifs is 1. The summed E-state index contributed by atoms with van der Waals surface area (Å²) in [6.07, 6.45) is 4.10. The second kappa shape index (κ2) is 8.11. The predicted octanol–water partition coefficient (Wildman–Crippen LogP) is 4.71. The molecule has 0 fully saturated rings. The highest BCUT2D eigenvalue weighted by Gasteiger charge is 2.19. The minimum absolute atomic E-state index is 0.213. The number of halogens is 1. The molecule has 0 atom stereocenters. The summed E-state index contributed by atoms with van der Waals surface area (Å²) < 4.78 is 6.35. The number of hydrogen-bond acceptors (Lipinski definition) is 5. The van der Waals surface area contributed by atoms with Gasteiger partial charge < -0.3 is 14.8 Å². The van der Waals surface area contributed by atoms with Crippen molar-refractivity contribution in [2.24, 2.45) is 0 Å². The molecule has 0 bridgehead atoms. The summed E-state index contributed by atoms with van der Waals surface area (Å²) in [7, 11) is 0. The lowest BCUT2D eigenvalue weighted by Crippen LogP contribution is -2.04. The summed E-state index contributed by atoms with van der Waals surface area (Å²) in [6.45, 7) is 0.711. The van der Waals surface area contributed by atoms with Gasteiger partial charge in [0.05, 0.1) is 5.39 Å². The minimum atomic E-state index is -0.749. The molecule has 1 aromatic carbocycles. The van der Waals surface area contributed by atoms with Crippen LogP contribution in [0.5, 0.6) is 0 Å². The fraction of sp³-hybridized carbons (Fsp3) is 0.278. The summed E-state index contributed by atoms with van der Waals surface area (Å²) in [5.74, 6) is -0.0299. The van der Waals surface area contributed by atoms with Gasteiger partial charge in [0.1, 0.15) is 12.1 Å². The Hall–Kier alpha value is -2.41. The number of carbonyl (C=O) groups is 1. The van der Waals surface area contributed by atoms with Gasteiger partial charge in [0.2, 0.25) is 5.71 Å². The lowest BCUT2D eigenvalue weighted by atomic mass is 10.1. The molecule has 0 saturated heterocycles. The van der Waals surface area contributed by atoms with E-state index in [1.54, 1.807) is 0 Å². The van der Waals surface area contributed by atoms with E-state index in [4.69, 9.17) is 9.52 Å². The van der Waals surface area contributed by atoms with Gasteiger partial charge >= 0.3 is 5.97 Å². The Labute approximate surface area is 153 Å². The van der Waals surface area contributed by atoms with Crippen LogP contribution in [0.3, 0.4) is 0 Å². The molecular weight excluding hydrogens is 386 g/mol. The van der Waals surface area contributed by atoms with Crippen LogP contribution in [-0.4, -0.2) is 27.6 Å². The number of benzene rings is 1. The van der Waals surface area contributed by atoms with E-state index in [0.29, 0.717) is 23.3 Å². The Morgan fingerprint density at radius 2 is 1.96 bits per heavy atom. The monoisotopic (exact) mass is 403 g/mol. The molecule has 0 aliphatic heterocycles. The maximum Gasteiger partial charge on any atom is 0.303 e. The van der Waals surface area contributed by atoms with Crippen LogP contribution in [0, 0.1) is 0 Å². The molecule has 6 nitrogen and oxygen atoms in total. The predicted molar refractivity (Wildman–Crippen MR) is 99.5 cm³/mol. The van der Waals surface area contributed by atoms with Gasteiger partial charge in [-0.1, -0.05) is 36.8 Å². The molecule has 2 N–H and O–H groups in total. The molecule has 0 amide bonds. The van der Waals surface area contributed by atoms with Crippen molar-refractivity contribution in [3.05, 3.63) is 41.3 Å². The SMILES string of the molecule is O=C(O)CCCCCNc1ncnc2oc(Br)c(-c3ccccc3)c12. The van der Waals surface area contributed by atoms with Crippen LogP contribution in [0.1, 0.15) is 25.7 Å². The third-order valence-corrected chi connectivity index (χ3v) is 4.43. The molecule has 7 heteroatoms. The summed E-state index contributed by atoms with van der Waals surface area (Å²) in [5, 5.41) is 12.8. The second-order valence-corrected chi connectivity index (χ2v) is 6.37. The van der Waals surface area contributed by atoms with Crippen molar-refractivity contribution < 1.29 is 14.3 Å². The first kappa shape index (κ1) is 17.4. The number of nitrogens with zero attached hydrogens (tertiary/aromatic N) is 2. The van der Waals surface area contributed by atoms with Crippen molar-refractivity contribution in [2.45, 2.75) is 25.7 Å². The number of furan rings is 1. The third kappa shape index (κ3) is 4.17. The topological polar surface area (TPSA) is 88.2 Å². The lowest BCUT2D eigenvalue weighted by Gasteiger charge is -2.07. The molecule has 3 rings (SSSR count). The third-order valence-electron chi connectivity index (χ3n) is 3.87. The first-order valence-electron chi connectivity index (χ1n) is 8.11. The quantitative estimate of drug-likeness (QED) is 0.529. The van der Waals surface area contributed by atoms with Crippen molar-refractivity contribution in [3.8, 4) is 11.1 Å².